The zero-order valence-corrected chi connectivity index (χ0v) is 10.3. The Morgan fingerprint density at radius 1 is 1.41 bits per heavy atom. The Morgan fingerprint density at radius 2 is 2.18 bits per heavy atom. The van der Waals surface area contributed by atoms with Gasteiger partial charge in [0.2, 0.25) is 0 Å². The lowest BCUT2D eigenvalue weighted by Crippen LogP contribution is -2.31. The van der Waals surface area contributed by atoms with Crippen LogP contribution in [0.2, 0.25) is 0 Å². The van der Waals surface area contributed by atoms with E-state index in [0.29, 0.717) is 18.7 Å². The maximum atomic E-state index is 11.4. The summed E-state index contributed by atoms with van der Waals surface area (Å²) < 4.78 is 6.42. The van der Waals surface area contributed by atoms with Crippen LogP contribution in [0.3, 0.4) is 0 Å². The van der Waals surface area contributed by atoms with Gasteiger partial charge in [-0.2, -0.15) is 0 Å². The second kappa shape index (κ2) is 7.03. The van der Waals surface area contributed by atoms with Crippen LogP contribution in [0.5, 0.6) is 0 Å². The summed E-state index contributed by atoms with van der Waals surface area (Å²) in [5.41, 5.74) is -0.112. The van der Waals surface area contributed by atoms with Gasteiger partial charge >= 0.3 is 5.69 Å². The minimum atomic E-state index is -0.350. The van der Waals surface area contributed by atoms with Crippen molar-refractivity contribution in [3.63, 3.8) is 0 Å². The third kappa shape index (κ3) is 4.54. The van der Waals surface area contributed by atoms with Gasteiger partial charge in [0.1, 0.15) is 0 Å². The van der Waals surface area contributed by atoms with E-state index in [4.69, 9.17) is 4.74 Å². The first-order chi connectivity index (χ1) is 8.15. The molecule has 6 nitrogen and oxygen atoms in total. The molecule has 0 unspecified atom stereocenters. The standard InChI is InChI=1S/C11H19N3O3/c1-9-8-14(11(16)13-10(9)15)6-3-4-12-5-7-17-2/h8,12H,3-7H2,1-2H3,(H,13,15,16). The molecule has 0 fully saturated rings. The Hall–Kier alpha value is -1.40. The molecular weight excluding hydrogens is 222 g/mol. The Bertz CT molecular complexity index is 450. The quantitative estimate of drug-likeness (QED) is 0.629. The van der Waals surface area contributed by atoms with Crippen molar-refractivity contribution in [2.45, 2.75) is 19.9 Å². The predicted octanol–water partition coefficient (Wildman–Crippen LogP) is -0.529. The van der Waals surface area contributed by atoms with Crippen molar-refractivity contribution in [3.05, 3.63) is 32.6 Å². The highest BCUT2D eigenvalue weighted by molar-refractivity contribution is 5.00. The van der Waals surface area contributed by atoms with Crippen molar-refractivity contribution in [2.24, 2.45) is 0 Å². The first-order valence-corrected chi connectivity index (χ1v) is 5.65. The lowest BCUT2D eigenvalue weighted by molar-refractivity contribution is 0.199. The minimum Gasteiger partial charge on any atom is -0.383 e. The summed E-state index contributed by atoms with van der Waals surface area (Å²) in [5.74, 6) is 0. The molecule has 0 atom stereocenters. The predicted molar refractivity (Wildman–Crippen MR) is 65.4 cm³/mol. The molecule has 0 aliphatic rings. The number of nitrogens with one attached hydrogen (secondary N) is 2. The van der Waals surface area contributed by atoms with E-state index >= 15 is 0 Å². The summed E-state index contributed by atoms with van der Waals surface area (Å²) in [5, 5.41) is 3.19. The van der Waals surface area contributed by atoms with Gasteiger partial charge in [-0.05, 0) is 19.9 Å². The van der Waals surface area contributed by atoms with Gasteiger partial charge in [-0.1, -0.05) is 0 Å². The molecule has 0 amide bonds. The molecule has 0 aliphatic carbocycles. The van der Waals surface area contributed by atoms with Gasteiger partial charge in [0.05, 0.1) is 6.61 Å². The van der Waals surface area contributed by atoms with Crippen LogP contribution in [-0.2, 0) is 11.3 Å². The van der Waals surface area contributed by atoms with Gasteiger partial charge in [0.15, 0.2) is 0 Å². The van der Waals surface area contributed by atoms with Crippen LogP contribution in [0.25, 0.3) is 0 Å². The van der Waals surface area contributed by atoms with Gasteiger partial charge in [-0.3, -0.25) is 9.78 Å². The van der Waals surface area contributed by atoms with Crippen LogP contribution < -0.4 is 16.6 Å². The van der Waals surface area contributed by atoms with E-state index in [1.54, 1.807) is 20.2 Å². The fraction of sp³-hybridized carbons (Fsp3) is 0.636. The van der Waals surface area contributed by atoms with E-state index in [1.807, 2.05) is 0 Å². The second-order valence-corrected chi connectivity index (χ2v) is 3.86. The third-order valence-corrected chi connectivity index (χ3v) is 2.42. The van der Waals surface area contributed by atoms with Crippen molar-refractivity contribution in [2.75, 3.05) is 26.8 Å². The highest BCUT2D eigenvalue weighted by atomic mass is 16.5. The molecule has 0 aliphatic heterocycles. The normalized spacial score (nSPS) is 10.7. The molecule has 17 heavy (non-hydrogen) atoms. The molecule has 0 aromatic carbocycles. The zero-order valence-electron chi connectivity index (χ0n) is 10.3. The number of aryl methyl sites for hydroxylation is 2. The highest BCUT2D eigenvalue weighted by Crippen LogP contribution is 1.87. The maximum Gasteiger partial charge on any atom is 0.328 e. The van der Waals surface area contributed by atoms with E-state index in [0.717, 1.165) is 19.5 Å². The Kier molecular flexibility index (Phi) is 5.65. The zero-order chi connectivity index (χ0) is 12.7. The summed E-state index contributed by atoms with van der Waals surface area (Å²) in [6.45, 7) is 4.57. The largest absolute Gasteiger partial charge is 0.383 e. The Morgan fingerprint density at radius 3 is 2.88 bits per heavy atom. The average molecular weight is 241 g/mol. The summed E-state index contributed by atoms with van der Waals surface area (Å²) in [7, 11) is 1.66. The van der Waals surface area contributed by atoms with Crippen molar-refractivity contribution >= 4 is 0 Å². The molecule has 0 bridgehead atoms. The second-order valence-electron chi connectivity index (χ2n) is 3.86. The molecule has 0 saturated heterocycles. The molecule has 96 valence electrons. The first-order valence-electron chi connectivity index (χ1n) is 5.65. The SMILES string of the molecule is COCCNCCCn1cc(C)c(=O)[nH]c1=O. The molecule has 0 saturated carbocycles. The minimum absolute atomic E-state index is 0.315. The average Bonchev–Trinajstić information content (AvgIpc) is 2.30. The van der Waals surface area contributed by atoms with Crippen molar-refractivity contribution in [1.82, 2.24) is 14.9 Å². The molecule has 2 N–H and O–H groups in total. The summed E-state index contributed by atoms with van der Waals surface area (Å²) in [4.78, 5) is 24.9. The number of nitrogens with zero attached hydrogens (tertiary/aromatic N) is 1. The van der Waals surface area contributed by atoms with E-state index in [2.05, 4.69) is 10.3 Å². The molecule has 6 heteroatoms. The lowest BCUT2D eigenvalue weighted by Gasteiger charge is -2.06. The van der Waals surface area contributed by atoms with Gasteiger partial charge in [-0.15, -0.1) is 0 Å². The number of hydrogen-bond donors (Lipinski definition) is 2. The van der Waals surface area contributed by atoms with E-state index in [9.17, 15) is 9.59 Å². The van der Waals surface area contributed by atoms with Gasteiger partial charge in [0.25, 0.3) is 5.56 Å². The number of ether oxygens (including phenoxy) is 1. The van der Waals surface area contributed by atoms with Crippen LogP contribution in [0.4, 0.5) is 0 Å². The molecule has 0 spiro atoms. The summed E-state index contributed by atoms with van der Waals surface area (Å²) in [6, 6.07) is 0. The van der Waals surface area contributed by atoms with Crippen LogP contribution in [0.15, 0.2) is 15.8 Å². The third-order valence-electron chi connectivity index (χ3n) is 2.42. The summed E-state index contributed by atoms with van der Waals surface area (Å²) >= 11 is 0. The van der Waals surface area contributed by atoms with Gasteiger partial charge in [0, 0.05) is 32.0 Å². The molecule has 1 aromatic rings. The van der Waals surface area contributed by atoms with Crippen LogP contribution in [-0.4, -0.2) is 36.4 Å². The van der Waals surface area contributed by atoms with E-state index < -0.39 is 0 Å². The van der Waals surface area contributed by atoms with Crippen molar-refractivity contribution < 1.29 is 4.74 Å². The van der Waals surface area contributed by atoms with E-state index in [-0.39, 0.29) is 11.2 Å². The smallest absolute Gasteiger partial charge is 0.328 e. The Balaban J connectivity index is 2.39. The van der Waals surface area contributed by atoms with Gasteiger partial charge < -0.3 is 14.6 Å². The topological polar surface area (TPSA) is 76.1 Å². The van der Waals surface area contributed by atoms with E-state index in [1.165, 1.54) is 4.57 Å². The van der Waals surface area contributed by atoms with Crippen molar-refractivity contribution in [1.29, 1.82) is 0 Å². The summed E-state index contributed by atoms with van der Waals surface area (Å²) in [6.07, 6.45) is 2.42. The maximum absolute atomic E-state index is 11.4. The van der Waals surface area contributed by atoms with Crippen LogP contribution >= 0.6 is 0 Å². The number of aromatic amines is 1. The fourth-order valence-corrected chi connectivity index (χ4v) is 1.46. The van der Waals surface area contributed by atoms with Gasteiger partial charge in [-0.25, -0.2) is 4.79 Å². The molecule has 1 aromatic heterocycles. The lowest BCUT2D eigenvalue weighted by atomic mass is 10.3. The van der Waals surface area contributed by atoms with Crippen molar-refractivity contribution in [3.8, 4) is 0 Å². The molecule has 1 rings (SSSR count). The first kappa shape index (κ1) is 13.7. The molecule has 1 heterocycles. The molecule has 0 radical (unpaired) electrons. The Labute approximate surface area is 99.6 Å². The fourth-order valence-electron chi connectivity index (χ4n) is 1.46. The monoisotopic (exact) mass is 241 g/mol. The highest BCUT2D eigenvalue weighted by Gasteiger charge is 1.99. The molecular formula is C11H19N3O3. The number of aromatic nitrogens is 2. The number of H-pyrrole nitrogens is 1. The van der Waals surface area contributed by atoms with Crippen LogP contribution in [0, 0.1) is 6.92 Å². The van der Waals surface area contributed by atoms with Crippen LogP contribution in [0.1, 0.15) is 12.0 Å². The number of rotatable bonds is 7. The number of hydrogen-bond acceptors (Lipinski definition) is 4. The number of methoxy groups -OCH3 is 1.